The van der Waals surface area contributed by atoms with Crippen molar-refractivity contribution in [1.29, 1.82) is 0 Å². The number of imidazole rings is 1. The van der Waals surface area contributed by atoms with Crippen molar-refractivity contribution < 1.29 is 8.99 Å². The Bertz CT molecular complexity index is 1680. The average Bonchev–Trinajstić information content (AvgIpc) is 3.40. The van der Waals surface area contributed by atoms with Crippen molar-refractivity contribution in [3.05, 3.63) is 109 Å². The number of nitrogens with zero attached hydrogens (tertiary/aromatic N) is 2. The van der Waals surface area contributed by atoms with Gasteiger partial charge in [0.2, 0.25) is 0 Å². The Hall–Kier alpha value is -3.89. The second-order valence-electron chi connectivity index (χ2n) is 8.81. The zero-order valence-electron chi connectivity index (χ0n) is 17.3. The van der Waals surface area contributed by atoms with Crippen LogP contribution in [0.5, 0.6) is 5.88 Å². The smallest absolute Gasteiger partial charge is 0.355 e. The maximum absolute atomic E-state index is 7.23. The van der Waals surface area contributed by atoms with Crippen LogP contribution in [0.25, 0.3) is 27.3 Å². The minimum atomic E-state index is -2.75. The minimum Gasteiger partial charge on any atom is -0.499 e. The van der Waals surface area contributed by atoms with Crippen LogP contribution in [-0.4, -0.2) is 12.7 Å². The highest BCUT2D eigenvalue weighted by atomic mass is 28.4. The highest BCUT2D eigenvalue weighted by molar-refractivity contribution is 7.08. The van der Waals surface area contributed by atoms with Crippen LogP contribution in [-0.2, 0) is 6.54 Å². The van der Waals surface area contributed by atoms with Gasteiger partial charge in [-0.2, -0.15) is 4.40 Å². The number of aromatic nitrogens is 2. The molecule has 4 heteroatoms. The van der Waals surface area contributed by atoms with Crippen LogP contribution in [0.4, 0.5) is 0 Å². The first-order valence-electron chi connectivity index (χ1n) is 11.1. The normalized spacial score (nSPS) is 15.2. The summed E-state index contributed by atoms with van der Waals surface area (Å²) in [7, 11) is -2.75. The molecule has 0 fully saturated rings. The average molecular weight is 428 g/mol. The predicted molar refractivity (Wildman–Crippen MR) is 130 cm³/mol. The number of hydrogen-bond donors (Lipinski definition) is 0. The molecule has 0 radical (unpaired) electrons. The molecular formula is C28H19N2OSi+. The van der Waals surface area contributed by atoms with Gasteiger partial charge in [-0.1, -0.05) is 97.1 Å². The first-order chi connectivity index (χ1) is 15.9. The summed E-state index contributed by atoms with van der Waals surface area (Å²) in [5, 5.41) is 7.88. The molecule has 6 aromatic rings. The third kappa shape index (κ3) is 1.82. The molecule has 0 spiro atoms. The van der Waals surface area contributed by atoms with E-state index in [1.165, 1.54) is 48.4 Å². The summed E-state index contributed by atoms with van der Waals surface area (Å²) in [5.74, 6) is 0.958. The van der Waals surface area contributed by atoms with Gasteiger partial charge >= 0.3 is 14.2 Å². The molecule has 0 saturated heterocycles. The second kappa shape index (κ2) is 5.67. The monoisotopic (exact) mass is 427 g/mol. The Morgan fingerprint density at radius 2 is 1.41 bits per heavy atom. The molecule has 0 atom stereocenters. The van der Waals surface area contributed by atoms with E-state index in [4.69, 9.17) is 4.43 Å². The Labute approximate surface area is 185 Å². The van der Waals surface area contributed by atoms with Crippen molar-refractivity contribution in [2.75, 3.05) is 0 Å². The van der Waals surface area contributed by atoms with Gasteiger partial charge in [0.05, 0.1) is 5.39 Å². The lowest BCUT2D eigenvalue weighted by molar-refractivity contribution is -0.657. The lowest BCUT2D eigenvalue weighted by Crippen LogP contribution is -2.73. The molecule has 0 unspecified atom stereocenters. The molecule has 0 N–H and O–H groups in total. The van der Waals surface area contributed by atoms with Gasteiger partial charge in [-0.3, -0.25) is 0 Å². The lowest BCUT2D eigenvalue weighted by atomic mass is 10.0. The van der Waals surface area contributed by atoms with E-state index >= 15 is 0 Å². The van der Waals surface area contributed by atoms with E-state index in [2.05, 4.69) is 112 Å². The Kier molecular flexibility index (Phi) is 2.97. The van der Waals surface area contributed by atoms with Crippen molar-refractivity contribution in [3.8, 4) is 5.88 Å². The van der Waals surface area contributed by atoms with Crippen molar-refractivity contribution in [2.24, 2.45) is 0 Å². The van der Waals surface area contributed by atoms with Gasteiger partial charge < -0.3 is 4.43 Å². The van der Waals surface area contributed by atoms with Gasteiger partial charge in [0.1, 0.15) is 12.1 Å². The number of hydrogen-bond acceptors (Lipinski definition) is 1. The van der Waals surface area contributed by atoms with Crippen LogP contribution in [0, 0.1) is 0 Å². The maximum atomic E-state index is 7.23. The quantitative estimate of drug-likeness (QED) is 0.235. The van der Waals surface area contributed by atoms with E-state index in [9.17, 15) is 0 Å². The predicted octanol–water partition coefficient (Wildman–Crippen LogP) is 3.25. The first kappa shape index (κ1) is 16.8. The molecule has 0 amide bonds. The maximum Gasteiger partial charge on any atom is 0.355 e. The molecule has 0 aliphatic carbocycles. The van der Waals surface area contributed by atoms with E-state index in [-0.39, 0.29) is 0 Å². The van der Waals surface area contributed by atoms with Gasteiger partial charge in [0.15, 0.2) is 6.20 Å². The summed E-state index contributed by atoms with van der Waals surface area (Å²) in [6.07, 6.45) is 2.22. The minimum absolute atomic E-state index is 0.899. The van der Waals surface area contributed by atoms with Crippen LogP contribution in [0.15, 0.2) is 103 Å². The summed E-state index contributed by atoms with van der Waals surface area (Å²) in [5.41, 5.74) is 3.95. The molecule has 8 rings (SSSR count). The van der Waals surface area contributed by atoms with Gasteiger partial charge in [0.25, 0.3) is 5.65 Å². The summed E-state index contributed by atoms with van der Waals surface area (Å²) in [4.78, 5) is 0. The standard InChI is InChI=1S/C28H19N2OSi/c1-3-10-20(11-4-1)32(21-12-5-2-6-13-21)24-16-8-15-23-22-14-7-9-19-17-29-18-25(31-32)30(27(23)24)28(29)26(19)22/h1-16,18H,17H2/q+1. The third-order valence-corrected chi connectivity index (χ3v) is 11.2. The first-order valence-corrected chi connectivity index (χ1v) is 13.0. The van der Waals surface area contributed by atoms with E-state index in [0.717, 1.165) is 12.4 Å². The second-order valence-corrected chi connectivity index (χ2v) is 12.1. The fraction of sp³-hybridized carbons (Fsp3) is 0.0357. The zero-order chi connectivity index (χ0) is 20.9. The van der Waals surface area contributed by atoms with Gasteiger partial charge in [-0.15, -0.1) is 0 Å². The van der Waals surface area contributed by atoms with E-state index in [0.29, 0.717) is 0 Å². The lowest BCUT2D eigenvalue weighted by Gasteiger charge is -2.34. The van der Waals surface area contributed by atoms with Crippen LogP contribution < -0.4 is 24.6 Å². The number of para-hydroxylation sites is 1. The van der Waals surface area contributed by atoms with Crippen molar-refractivity contribution in [2.45, 2.75) is 6.54 Å². The van der Waals surface area contributed by atoms with Crippen LogP contribution in [0.3, 0.4) is 0 Å². The van der Waals surface area contributed by atoms with Crippen molar-refractivity contribution in [1.82, 2.24) is 4.40 Å². The number of pyridine rings is 1. The SMILES string of the molecule is c1ccc([Si]2(c3ccccc3)Oc3c[n+]4c5c6c(cccc6c6cccc2c6n35)C4)cc1. The molecule has 0 saturated carbocycles. The number of benzene rings is 4. The molecule has 2 aromatic heterocycles. The van der Waals surface area contributed by atoms with E-state index in [1.807, 2.05) is 0 Å². The molecule has 0 bridgehead atoms. The van der Waals surface area contributed by atoms with Crippen LogP contribution in [0.2, 0.25) is 0 Å². The Morgan fingerprint density at radius 1 is 0.719 bits per heavy atom. The molecule has 3 nitrogen and oxygen atoms in total. The molecule has 150 valence electrons. The van der Waals surface area contributed by atoms with Crippen LogP contribution in [0.1, 0.15) is 5.56 Å². The molecular weight excluding hydrogens is 408 g/mol. The summed E-state index contributed by atoms with van der Waals surface area (Å²) in [6.45, 7) is 0.899. The molecule has 4 aromatic carbocycles. The fourth-order valence-electron chi connectivity index (χ4n) is 5.99. The summed E-state index contributed by atoms with van der Waals surface area (Å²) >= 11 is 0. The highest BCUT2D eigenvalue weighted by Crippen LogP contribution is 2.38. The zero-order valence-corrected chi connectivity index (χ0v) is 18.3. The molecule has 32 heavy (non-hydrogen) atoms. The number of fused-ring (bicyclic) bond motifs is 1. The summed E-state index contributed by atoms with van der Waals surface area (Å²) < 4.78 is 12.0. The molecule has 2 aliphatic heterocycles. The van der Waals surface area contributed by atoms with Gasteiger partial charge in [-0.25, -0.2) is 4.57 Å². The van der Waals surface area contributed by atoms with Gasteiger partial charge in [-0.05, 0) is 10.4 Å². The number of rotatable bonds is 2. The van der Waals surface area contributed by atoms with Crippen molar-refractivity contribution >= 4 is 51.2 Å². The topological polar surface area (TPSA) is 17.5 Å². The van der Waals surface area contributed by atoms with Crippen molar-refractivity contribution in [3.63, 3.8) is 0 Å². The molecule has 4 heterocycles. The van der Waals surface area contributed by atoms with Crippen LogP contribution >= 0.6 is 0 Å². The van der Waals surface area contributed by atoms with E-state index < -0.39 is 8.32 Å². The Balaban J connectivity index is 1.64. The van der Waals surface area contributed by atoms with E-state index in [1.54, 1.807) is 0 Å². The molecule has 2 aliphatic rings. The summed E-state index contributed by atoms with van der Waals surface area (Å²) in [6, 6.07) is 35.2. The highest BCUT2D eigenvalue weighted by Gasteiger charge is 2.51. The Morgan fingerprint density at radius 3 is 2.16 bits per heavy atom. The fourth-order valence-corrected chi connectivity index (χ4v) is 9.99. The van der Waals surface area contributed by atoms with Gasteiger partial charge in [0, 0.05) is 21.5 Å². The third-order valence-electron chi connectivity index (χ3n) is 7.23. The largest absolute Gasteiger partial charge is 0.499 e.